The second-order valence-corrected chi connectivity index (χ2v) is 7.62. The van der Waals surface area contributed by atoms with Gasteiger partial charge in [-0.3, -0.25) is 4.79 Å². The number of pyridine rings is 1. The smallest absolute Gasteiger partial charge is 0.418 e. The Bertz CT molecular complexity index is 1260. The predicted octanol–water partition coefficient (Wildman–Crippen LogP) is 3.08. The Kier molecular flexibility index (Phi) is 6.26. The van der Waals surface area contributed by atoms with Gasteiger partial charge in [0.1, 0.15) is 24.0 Å². The number of hydrogen-bond donors (Lipinski definition) is 2. The molecule has 1 unspecified atom stereocenters. The van der Waals surface area contributed by atoms with Crippen LogP contribution in [0.1, 0.15) is 42.1 Å². The van der Waals surface area contributed by atoms with Gasteiger partial charge in [-0.05, 0) is 31.9 Å². The van der Waals surface area contributed by atoms with Crippen molar-refractivity contribution in [3.63, 3.8) is 0 Å². The molecule has 3 N–H and O–H groups in total. The number of aromatic nitrogens is 4. The first kappa shape index (κ1) is 23.3. The number of nitrogen functional groups attached to an aromatic ring is 1. The summed E-state index contributed by atoms with van der Waals surface area (Å²) < 4.78 is 47.2. The molecule has 1 atom stereocenters. The largest absolute Gasteiger partial charge is 0.480 e. The number of methoxy groups -OCH3 is 1. The molecular weight excluding hydrogens is 455 g/mol. The summed E-state index contributed by atoms with van der Waals surface area (Å²) in [6, 6.07) is 2.14. The summed E-state index contributed by atoms with van der Waals surface area (Å²) in [5.74, 6) is -0.757. The average Bonchev–Trinajstić information content (AvgIpc) is 3.42. The van der Waals surface area contributed by atoms with Crippen LogP contribution in [0.15, 0.2) is 29.8 Å². The first-order valence-corrected chi connectivity index (χ1v) is 10.4. The lowest BCUT2D eigenvalue weighted by atomic mass is 10.1. The minimum atomic E-state index is -4.69. The lowest BCUT2D eigenvalue weighted by Gasteiger charge is -2.14. The first-order valence-electron chi connectivity index (χ1n) is 10.4. The van der Waals surface area contributed by atoms with Crippen molar-refractivity contribution in [2.45, 2.75) is 38.4 Å². The van der Waals surface area contributed by atoms with Gasteiger partial charge in [-0.25, -0.2) is 14.5 Å². The Morgan fingerprint density at radius 1 is 1.35 bits per heavy atom. The van der Waals surface area contributed by atoms with Gasteiger partial charge in [0.15, 0.2) is 5.82 Å². The van der Waals surface area contributed by atoms with Crippen molar-refractivity contribution < 1.29 is 27.5 Å². The summed E-state index contributed by atoms with van der Waals surface area (Å²) in [5.41, 5.74) is 5.53. The van der Waals surface area contributed by atoms with Crippen LogP contribution in [-0.2, 0) is 11.0 Å². The zero-order valence-electron chi connectivity index (χ0n) is 18.4. The number of amides is 1. The summed E-state index contributed by atoms with van der Waals surface area (Å²) in [6.45, 7) is 2.29. The van der Waals surface area contributed by atoms with E-state index in [1.165, 1.54) is 19.4 Å². The van der Waals surface area contributed by atoms with Crippen molar-refractivity contribution in [1.29, 1.82) is 0 Å². The Morgan fingerprint density at radius 3 is 2.85 bits per heavy atom. The molecule has 180 valence electrons. The molecule has 4 rings (SSSR count). The van der Waals surface area contributed by atoms with Gasteiger partial charge in [-0.15, -0.1) is 0 Å². The second kappa shape index (κ2) is 9.15. The second-order valence-electron chi connectivity index (χ2n) is 7.62. The molecule has 0 aliphatic heterocycles. The maximum atomic E-state index is 13.6. The molecule has 1 fully saturated rings. The van der Waals surface area contributed by atoms with Gasteiger partial charge in [0.2, 0.25) is 5.88 Å². The fourth-order valence-corrected chi connectivity index (χ4v) is 3.86. The number of oxime groups is 1. The molecule has 0 saturated heterocycles. The van der Waals surface area contributed by atoms with E-state index < -0.39 is 17.6 Å². The topological polar surface area (TPSA) is 129 Å². The van der Waals surface area contributed by atoms with Crippen molar-refractivity contribution in [3.05, 3.63) is 35.8 Å². The van der Waals surface area contributed by atoms with Crippen LogP contribution in [-0.4, -0.2) is 51.0 Å². The zero-order valence-corrected chi connectivity index (χ0v) is 18.4. The number of rotatable bonds is 6. The summed E-state index contributed by atoms with van der Waals surface area (Å²) in [5, 5.41) is 10.9. The number of nitrogens with one attached hydrogen (secondary N) is 1. The van der Waals surface area contributed by atoms with E-state index in [0.29, 0.717) is 25.9 Å². The monoisotopic (exact) mass is 477 g/mol. The molecular formula is C21H22F3N7O3. The predicted molar refractivity (Wildman–Crippen MR) is 116 cm³/mol. The van der Waals surface area contributed by atoms with Crippen LogP contribution in [0.2, 0.25) is 0 Å². The van der Waals surface area contributed by atoms with Crippen LogP contribution < -0.4 is 15.8 Å². The molecule has 3 aromatic rings. The van der Waals surface area contributed by atoms with Crippen LogP contribution in [0.4, 0.5) is 19.0 Å². The van der Waals surface area contributed by atoms with Gasteiger partial charge in [0.25, 0.3) is 5.91 Å². The van der Waals surface area contributed by atoms with E-state index in [2.05, 4.69) is 25.5 Å². The highest BCUT2D eigenvalue weighted by molar-refractivity contribution is 5.98. The van der Waals surface area contributed by atoms with E-state index in [-0.39, 0.29) is 40.1 Å². The van der Waals surface area contributed by atoms with Crippen molar-refractivity contribution in [2.24, 2.45) is 5.16 Å². The summed E-state index contributed by atoms with van der Waals surface area (Å²) >= 11 is 0. The fraction of sp³-hybridized carbons (Fsp3) is 0.381. The van der Waals surface area contributed by atoms with E-state index >= 15 is 0 Å². The van der Waals surface area contributed by atoms with Gasteiger partial charge in [-0.1, -0.05) is 5.16 Å². The SMILES string of the molecule is CCON=C1CCC(NC(=O)c2cc(-c3cc(C(F)(F)F)c4c(N)ncnn34)cnc2OC)C1. The molecule has 1 aliphatic carbocycles. The maximum Gasteiger partial charge on any atom is 0.418 e. The van der Waals surface area contributed by atoms with Gasteiger partial charge in [-0.2, -0.15) is 18.3 Å². The van der Waals surface area contributed by atoms with Crippen LogP contribution >= 0.6 is 0 Å². The third-order valence-corrected chi connectivity index (χ3v) is 5.39. The standard InChI is InChI=1S/C21H22F3N7O3/c1-3-34-30-13-5-4-12(7-13)29-19(32)14-6-11(9-26-20(14)33-2)16-8-15(21(22,23)24)17-18(25)27-10-28-31(16)17/h6,8-10,12H,3-5,7H2,1-2H3,(H,29,32)(H2,25,27,28). The third-order valence-electron chi connectivity index (χ3n) is 5.39. The number of carbonyl (C=O) groups excluding carboxylic acids is 1. The van der Waals surface area contributed by atoms with E-state index in [1.807, 2.05) is 6.92 Å². The highest BCUT2D eigenvalue weighted by atomic mass is 19.4. The molecule has 1 saturated carbocycles. The normalized spacial score (nSPS) is 17.3. The Labute approximate surface area is 192 Å². The number of fused-ring (bicyclic) bond motifs is 1. The molecule has 0 aromatic carbocycles. The van der Waals surface area contributed by atoms with E-state index in [0.717, 1.165) is 22.6 Å². The number of carbonyl (C=O) groups is 1. The lowest BCUT2D eigenvalue weighted by molar-refractivity contribution is -0.136. The zero-order chi connectivity index (χ0) is 24.5. The molecule has 3 aromatic heterocycles. The Hall–Kier alpha value is -3.90. The first-order chi connectivity index (χ1) is 16.2. The molecule has 3 heterocycles. The van der Waals surface area contributed by atoms with Gasteiger partial charge >= 0.3 is 6.18 Å². The molecule has 10 nitrogen and oxygen atoms in total. The van der Waals surface area contributed by atoms with Crippen LogP contribution in [0.25, 0.3) is 16.8 Å². The van der Waals surface area contributed by atoms with Gasteiger partial charge in [0, 0.05) is 24.2 Å². The average molecular weight is 477 g/mol. The molecule has 1 aliphatic rings. The number of hydrogen-bond acceptors (Lipinski definition) is 8. The van der Waals surface area contributed by atoms with Crippen molar-refractivity contribution in [3.8, 4) is 17.1 Å². The van der Waals surface area contributed by atoms with E-state index in [1.54, 1.807) is 0 Å². The maximum absolute atomic E-state index is 13.6. The number of halogens is 3. The minimum absolute atomic E-state index is 0.0356. The summed E-state index contributed by atoms with van der Waals surface area (Å²) in [6.07, 6.45) is -0.420. The lowest BCUT2D eigenvalue weighted by Crippen LogP contribution is -2.33. The number of ether oxygens (including phenoxy) is 1. The van der Waals surface area contributed by atoms with Crippen LogP contribution in [0.5, 0.6) is 5.88 Å². The highest BCUT2D eigenvalue weighted by Crippen LogP contribution is 2.39. The van der Waals surface area contributed by atoms with E-state index in [9.17, 15) is 18.0 Å². The van der Waals surface area contributed by atoms with Crippen molar-refractivity contribution >= 4 is 23.0 Å². The molecule has 1 amide bonds. The number of alkyl halides is 3. The number of anilines is 1. The Balaban J connectivity index is 1.70. The molecule has 0 spiro atoms. The summed E-state index contributed by atoms with van der Waals surface area (Å²) in [4.78, 5) is 25.9. The number of nitrogens with two attached hydrogens (primary N) is 1. The van der Waals surface area contributed by atoms with Crippen molar-refractivity contribution in [2.75, 3.05) is 19.5 Å². The van der Waals surface area contributed by atoms with Gasteiger partial charge in [0.05, 0.1) is 24.1 Å². The molecule has 0 radical (unpaired) electrons. The molecule has 0 bridgehead atoms. The van der Waals surface area contributed by atoms with Crippen LogP contribution in [0, 0.1) is 0 Å². The number of nitrogens with zero attached hydrogens (tertiary/aromatic N) is 5. The Morgan fingerprint density at radius 2 is 2.15 bits per heavy atom. The molecule has 13 heteroatoms. The van der Waals surface area contributed by atoms with Gasteiger partial charge < -0.3 is 20.6 Å². The highest BCUT2D eigenvalue weighted by Gasteiger charge is 2.36. The summed E-state index contributed by atoms with van der Waals surface area (Å²) in [7, 11) is 1.35. The van der Waals surface area contributed by atoms with Crippen LogP contribution in [0.3, 0.4) is 0 Å². The van der Waals surface area contributed by atoms with Crippen molar-refractivity contribution in [1.82, 2.24) is 24.9 Å². The minimum Gasteiger partial charge on any atom is -0.480 e. The quantitative estimate of drug-likeness (QED) is 0.522. The van der Waals surface area contributed by atoms with E-state index in [4.69, 9.17) is 15.3 Å². The molecule has 34 heavy (non-hydrogen) atoms. The fourth-order valence-electron chi connectivity index (χ4n) is 3.86. The third kappa shape index (κ3) is 4.45.